The Bertz CT molecular complexity index is 817. The van der Waals surface area contributed by atoms with Gasteiger partial charge in [-0.3, -0.25) is 4.58 Å². The fraction of sp³-hybridized carbons (Fsp3) is 0.381. The van der Waals surface area contributed by atoms with Crippen molar-refractivity contribution in [2.45, 2.75) is 31.4 Å². The summed E-state index contributed by atoms with van der Waals surface area (Å²) in [6.45, 7) is 1.55. The molecule has 0 spiro atoms. The van der Waals surface area contributed by atoms with Crippen LogP contribution in [0.5, 0.6) is 5.75 Å². The highest BCUT2D eigenvalue weighted by Gasteiger charge is 2.53. The van der Waals surface area contributed by atoms with Gasteiger partial charge in [-0.1, -0.05) is 23.7 Å². The summed E-state index contributed by atoms with van der Waals surface area (Å²) in [6, 6.07) is 15.4. The van der Waals surface area contributed by atoms with Crippen molar-refractivity contribution in [1.82, 2.24) is 0 Å². The number of rotatable bonds is 3. The van der Waals surface area contributed by atoms with Crippen molar-refractivity contribution in [2.24, 2.45) is 0 Å². The zero-order chi connectivity index (χ0) is 18.1. The molecule has 0 radical (unpaired) electrons. The first-order valence-electron chi connectivity index (χ1n) is 9.15. The lowest BCUT2D eigenvalue weighted by molar-refractivity contribution is -0.534. The van der Waals surface area contributed by atoms with E-state index in [1.807, 2.05) is 48.5 Å². The quantitative estimate of drug-likeness (QED) is 0.828. The van der Waals surface area contributed by atoms with Gasteiger partial charge in [0.05, 0.1) is 13.7 Å². The summed E-state index contributed by atoms with van der Waals surface area (Å²) in [5.74, 6) is 2.01. The molecule has 1 N–H and O–H groups in total. The average molecular weight is 372 g/mol. The first kappa shape index (κ1) is 17.4. The van der Waals surface area contributed by atoms with Gasteiger partial charge in [-0.25, -0.2) is 0 Å². The van der Waals surface area contributed by atoms with Crippen LogP contribution in [0.25, 0.3) is 0 Å². The highest BCUT2D eigenvalue weighted by Crippen LogP contribution is 2.38. The highest BCUT2D eigenvalue weighted by molar-refractivity contribution is 6.30. The minimum atomic E-state index is -1.11. The largest absolute Gasteiger partial charge is 0.497 e. The number of ether oxygens (including phenoxy) is 1. The Labute approximate surface area is 159 Å². The van der Waals surface area contributed by atoms with E-state index in [4.69, 9.17) is 16.3 Å². The Kier molecular flexibility index (Phi) is 4.63. The zero-order valence-corrected chi connectivity index (χ0v) is 15.7. The lowest BCUT2D eigenvalue weighted by Gasteiger charge is -2.29. The second kappa shape index (κ2) is 6.93. The first-order valence-corrected chi connectivity index (χ1v) is 9.53. The van der Waals surface area contributed by atoms with Gasteiger partial charge in [-0.2, -0.15) is 4.90 Å². The van der Waals surface area contributed by atoms with Crippen molar-refractivity contribution >= 4 is 23.1 Å². The second-order valence-electron chi connectivity index (χ2n) is 7.01. The molecule has 0 saturated heterocycles. The maximum Gasteiger partial charge on any atom is 0.275 e. The van der Waals surface area contributed by atoms with E-state index >= 15 is 0 Å². The third kappa shape index (κ3) is 2.97. The number of methoxy groups -OCH3 is 1. The van der Waals surface area contributed by atoms with Crippen molar-refractivity contribution in [3.63, 3.8) is 0 Å². The van der Waals surface area contributed by atoms with Gasteiger partial charge in [0.1, 0.15) is 11.4 Å². The minimum Gasteiger partial charge on any atom is -0.497 e. The molecule has 2 aliphatic heterocycles. The van der Waals surface area contributed by atoms with Gasteiger partial charge in [0, 0.05) is 17.0 Å². The van der Waals surface area contributed by atoms with E-state index in [9.17, 15) is 5.11 Å². The number of amidine groups is 1. The van der Waals surface area contributed by atoms with Gasteiger partial charge in [0.2, 0.25) is 0 Å². The summed E-state index contributed by atoms with van der Waals surface area (Å²) in [7, 11) is 1.66. The molecule has 0 saturated carbocycles. The molecule has 0 aromatic heterocycles. The van der Waals surface area contributed by atoms with Crippen LogP contribution in [0, 0.1) is 0 Å². The molecule has 1 unspecified atom stereocenters. The molecule has 1 atom stereocenters. The van der Waals surface area contributed by atoms with Crippen molar-refractivity contribution in [1.29, 1.82) is 0 Å². The first-order chi connectivity index (χ1) is 12.6. The molecule has 0 bridgehead atoms. The van der Waals surface area contributed by atoms with Gasteiger partial charge in [-0.05, 0) is 55.7 Å². The van der Waals surface area contributed by atoms with Crippen LogP contribution in [0.2, 0.25) is 5.02 Å². The van der Waals surface area contributed by atoms with Crippen molar-refractivity contribution < 1.29 is 14.4 Å². The summed E-state index contributed by atoms with van der Waals surface area (Å²) in [6.07, 6.45) is 4.52. The molecule has 0 aliphatic carbocycles. The predicted molar refractivity (Wildman–Crippen MR) is 104 cm³/mol. The van der Waals surface area contributed by atoms with Gasteiger partial charge in [0.15, 0.2) is 6.54 Å². The van der Waals surface area contributed by atoms with Crippen LogP contribution in [0.3, 0.4) is 0 Å². The summed E-state index contributed by atoms with van der Waals surface area (Å²) >= 11 is 6.07. The van der Waals surface area contributed by atoms with E-state index in [0.717, 1.165) is 42.8 Å². The van der Waals surface area contributed by atoms with Crippen LogP contribution < -0.4 is 9.64 Å². The van der Waals surface area contributed by atoms with Gasteiger partial charge in [0.25, 0.3) is 11.6 Å². The third-order valence-corrected chi connectivity index (χ3v) is 5.62. The van der Waals surface area contributed by atoms with E-state index in [-0.39, 0.29) is 0 Å². The summed E-state index contributed by atoms with van der Waals surface area (Å²) in [5.41, 5.74) is 0.729. The summed E-state index contributed by atoms with van der Waals surface area (Å²) in [5, 5.41) is 12.5. The minimum absolute atomic E-state index is 0.565. The monoisotopic (exact) mass is 371 g/mol. The fourth-order valence-corrected chi connectivity index (χ4v) is 4.18. The Balaban J connectivity index is 1.81. The number of aliphatic hydroxyl groups is 1. The van der Waals surface area contributed by atoms with Crippen molar-refractivity contribution in [3.8, 4) is 5.75 Å². The predicted octanol–water partition coefficient (Wildman–Crippen LogP) is 4.00. The third-order valence-electron chi connectivity index (χ3n) is 5.37. The maximum absolute atomic E-state index is 11.8. The van der Waals surface area contributed by atoms with Crippen LogP contribution >= 0.6 is 11.6 Å². The average Bonchev–Trinajstić information content (AvgIpc) is 2.79. The van der Waals surface area contributed by atoms with E-state index in [1.165, 1.54) is 12.3 Å². The normalized spacial score (nSPS) is 23.0. The van der Waals surface area contributed by atoms with Gasteiger partial charge < -0.3 is 9.84 Å². The van der Waals surface area contributed by atoms with Gasteiger partial charge in [-0.15, -0.1) is 0 Å². The van der Waals surface area contributed by atoms with Crippen LogP contribution in [0.1, 0.15) is 31.2 Å². The second-order valence-corrected chi connectivity index (χ2v) is 7.44. The Hall–Kier alpha value is -2.04. The lowest BCUT2D eigenvalue weighted by Crippen LogP contribution is -2.47. The Morgan fingerprint density at radius 3 is 2.46 bits per heavy atom. The summed E-state index contributed by atoms with van der Waals surface area (Å²) in [4.78, 5) is 2.10. The number of anilines is 1. The topological polar surface area (TPSA) is 35.7 Å². The molecule has 4 rings (SSSR count). The molecule has 26 heavy (non-hydrogen) atoms. The van der Waals surface area contributed by atoms with Crippen molar-refractivity contribution in [3.05, 3.63) is 59.1 Å². The van der Waals surface area contributed by atoms with E-state index in [0.29, 0.717) is 11.6 Å². The molecule has 136 valence electrons. The van der Waals surface area contributed by atoms with Crippen LogP contribution in [-0.2, 0) is 5.72 Å². The van der Waals surface area contributed by atoms with E-state index in [1.54, 1.807) is 7.11 Å². The lowest BCUT2D eigenvalue weighted by atomic mass is 10.00. The number of hydrogen-bond donors (Lipinski definition) is 1. The molecule has 4 nitrogen and oxygen atoms in total. The maximum atomic E-state index is 11.8. The fourth-order valence-electron chi connectivity index (χ4n) is 4.05. The molecule has 2 aromatic carbocycles. The molecule has 5 heteroatoms. The Morgan fingerprint density at radius 1 is 1.04 bits per heavy atom. The van der Waals surface area contributed by atoms with E-state index < -0.39 is 5.72 Å². The SMILES string of the molecule is COc1ccc(N2C3=[N+](CCCCC3)CC2(O)c2ccc(Cl)cc2)cc1. The number of benzene rings is 2. The van der Waals surface area contributed by atoms with Crippen LogP contribution in [0.15, 0.2) is 48.5 Å². The molecule has 0 fully saturated rings. The number of halogens is 1. The van der Waals surface area contributed by atoms with E-state index in [2.05, 4.69) is 9.48 Å². The summed E-state index contributed by atoms with van der Waals surface area (Å²) < 4.78 is 7.63. The molecule has 0 amide bonds. The molecule has 2 aromatic rings. The van der Waals surface area contributed by atoms with Crippen LogP contribution in [-0.4, -0.2) is 35.7 Å². The smallest absolute Gasteiger partial charge is 0.275 e. The molecular formula is C21H24ClN2O2+. The van der Waals surface area contributed by atoms with Crippen LogP contribution in [0.4, 0.5) is 5.69 Å². The number of nitrogens with zero attached hydrogens (tertiary/aromatic N) is 2. The molecular weight excluding hydrogens is 348 g/mol. The Morgan fingerprint density at radius 2 is 1.77 bits per heavy atom. The molecule has 2 aliphatic rings. The standard InChI is InChI=1S/C21H24ClN2O2/c1-26-19-12-10-18(11-13-19)24-20-5-3-2-4-14-23(20)15-21(24,25)16-6-8-17(22)9-7-16/h6-13,25H,2-5,14-15H2,1H3/q+1. The number of hydrogen-bond acceptors (Lipinski definition) is 3. The van der Waals surface area contributed by atoms with Crippen molar-refractivity contribution in [2.75, 3.05) is 25.1 Å². The zero-order valence-electron chi connectivity index (χ0n) is 15.0. The molecule has 2 heterocycles. The highest BCUT2D eigenvalue weighted by atomic mass is 35.5. The van der Waals surface area contributed by atoms with Gasteiger partial charge >= 0.3 is 0 Å².